The van der Waals surface area contributed by atoms with Crippen LogP contribution in [0.15, 0.2) is 24.3 Å². The quantitative estimate of drug-likeness (QED) is 0.700. The Labute approximate surface area is 73.0 Å². The van der Waals surface area contributed by atoms with Crippen molar-refractivity contribution in [1.29, 1.82) is 0 Å². The topological polar surface area (TPSA) is 58.6 Å². The Balaban J connectivity index is 2.79. The van der Waals surface area contributed by atoms with Crippen LogP contribution in [0.4, 0.5) is 5.69 Å². The van der Waals surface area contributed by atoms with Crippen molar-refractivity contribution >= 4 is 17.0 Å². The molecule has 5 heteroatoms. The molecule has 12 heavy (non-hydrogen) atoms. The highest BCUT2D eigenvalue weighted by Gasteiger charge is 1.96. The number of rotatable bonds is 3. The standard InChI is InChI=1S/C7H9NO3S/c1-11-7-4-2-3-6(5-7)8-12(9)10/h2-5,8H,1H3,(H,9,10). The molecule has 0 heterocycles. The van der Waals surface area contributed by atoms with Crippen molar-refractivity contribution in [3.8, 4) is 5.75 Å². The van der Waals surface area contributed by atoms with Gasteiger partial charge in [0, 0.05) is 6.07 Å². The number of benzene rings is 1. The van der Waals surface area contributed by atoms with E-state index in [2.05, 4.69) is 4.72 Å². The summed E-state index contributed by atoms with van der Waals surface area (Å²) < 4.78 is 26.1. The van der Waals surface area contributed by atoms with Crippen molar-refractivity contribution in [2.45, 2.75) is 0 Å². The lowest BCUT2D eigenvalue weighted by Gasteiger charge is -2.03. The van der Waals surface area contributed by atoms with E-state index in [4.69, 9.17) is 9.29 Å². The molecule has 0 bridgehead atoms. The molecule has 1 aromatic carbocycles. The Morgan fingerprint density at radius 1 is 1.58 bits per heavy atom. The van der Waals surface area contributed by atoms with Crippen LogP contribution in [0.5, 0.6) is 5.75 Å². The van der Waals surface area contributed by atoms with Crippen LogP contribution in [0, 0.1) is 0 Å². The molecule has 0 aliphatic heterocycles. The molecule has 1 unspecified atom stereocenters. The van der Waals surface area contributed by atoms with Crippen LogP contribution in [-0.4, -0.2) is 15.9 Å². The van der Waals surface area contributed by atoms with Crippen molar-refractivity contribution in [2.24, 2.45) is 0 Å². The van der Waals surface area contributed by atoms with Gasteiger partial charge in [-0.25, -0.2) is 4.21 Å². The van der Waals surface area contributed by atoms with Gasteiger partial charge in [0.05, 0.1) is 12.8 Å². The van der Waals surface area contributed by atoms with Gasteiger partial charge in [-0.2, -0.15) is 0 Å². The molecule has 0 aliphatic carbocycles. The highest BCUT2D eigenvalue weighted by atomic mass is 32.2. The van der Waals surface area contributed by atoms with Gasteiger partial charge in [-0.15, -0.1) is 0 Å². The summed E-state index contributed by atoms with van der Waals surface area (Å²) in [5.74, 6) is 0.644. The average Bonchev–Trinajstić information content (AvgIpc) is 2.03. The van der Waals surface area contributed by atoms with Crippen LogP contribution in [-0.2, 0) is 11.3 Å². The van der Waals surface area contributed by atoms with E-state index in [1.807, 2.05) is 0 Å². The minimum Gasteiger partial charge on any atom is -0.497 e. The molecule has 0 saturated heterocycles. The molecule has 0 aromatic heterocycles. The maximum Gasteiger partial charge on any atom is 0.259 e. The van der Waals surface area contributed by atoms with E-state index in [1.165, 1.54) is 7.11 Å². The second kappa shape index (κ2) is 4.08. The number of hydrogen-bond acceptors (Lipinski definition) is 2. The van der Waals surface area contributed by atoms with Gasteiger partial charge in [-0.1, -0.05) is 6.07 Å². The third-order valence-corrected chi connectivity index (χ3v) is 1.69. The third-order valence-electron chi connectivity index (χ3n) is 1.27. The summed E-state index contributed by atoms with van der Waals surface area (Å²) >= 11 is -2.03. The normalized spacial score (nSPS) is 12.2. The summed E-state index contributed by atoms with van der Waals surface area (Å²) in [7, 11) is 1.54. The predicted octanol–water partition coefficient (Wildman–Crippen LogP) is 1.24. The summed E-state index contributed by atoms with van der Waals surface area (Å²) in [6.07, 6.45) is 0. The Hall–Kier alpha value is -1.07. The van der Waals surface area contributed by atoms with E-state index in [0.29, 0.717) is 11.4 Å². The Kier molecular flexibility index (Phi) is 3.07. The molecule has 0 saturated carbocycles. The Bertz CT molecular complexity index is 290. The maximum absolute atomic E-state index is 10.3. The van der Waals surface area contributed by atoms with Gasteiger partial charge in [0.1, 0.15) is 5.75 Å². The Morgan fingerprint density at radius 3 is 2.92 bits per heavy atom. The number of hydrogen-bond donors (Lipinski definition) is 2. The molecule has 2 N–H and O–H groups in total. The van der Waals surface area contributed by atoms with Gasteiger partial charge >= 0.3 is 0 Å². The molecule has 0 aliphatic rings. The molecule has 0 spiro atoms. The van der Waals surface area contributed by atoms with Crippen molar-refractivity contribution in [2.75, 3.05) is 11.8 Å². The maximum atomic E-state index is 10.3. The van der Waals surface area contributed by atoms with Crippen LogP contribution in [0.1, 0.15) is 0 Å². The second-order valence-electron chi connectivity index (χ2n) is 2.08. The average molecular weight is 187 g/mol. The highest BCUT2D eigenvalue weighted by Crippen LogP contribution is 2.16. The smallest absolute Gasteiger partial charge is 0.259 e. The van der Waals surface area contributed by atoms with Crippen LogP contribution < -0.4 is 9.46 Å². The van der Waals surface area contributed by atoms with Gasteiger partial charge in [0.2, 0.25) is 0 Å². The molecule has 1 aromatic rings. The SMILES string of the molecule is COc1cccc(NS(=O)O)c1. The number of ether oxygens (including phenoxy) is 1. The van der Waals surface area contributed by atoms with Crippen LogP contribution in [0.3, 0.4) is 0 Å². The number of anilines is 1. The van der Waals surface area contributed by atoms with Gasteiger partial charge in [0.15, 0.2) is 0 Å². The fourth-order valence-electron chi connectivity index (χ4n) is 0.787. The van der Waals surface area contributed by atoms with Gasteiger partial charge in [-0.3, -0.25) is 9.27 Å². The fraction of sp³-hybridized carbons (Fsp3) is 0.143. The molecule has 66 valence electrons. The zero-order valence-electron chi connectivity index (χ0n) is 6.48. The molecule has 1 rings (SSSR count). The van der Waals surface area contributed by atoms with E-state index < -0.39 is 11.3 Å². The molecule has 0 fully saturated rings. The largest absolute Gasteiger partial charge is 0.497 e. The predicted molar refractivity (Wildman–Crippen MR) is 47.4 cm³/mol. The molecule has 1 atom stereocenters. The summed E-state index contributed by atoms with van der Waals surface area (Å²) in [6, 6.07) is 6.80. The van der Waals surface area contributed by atoms with Crippen molar-refractivity contribution < 1.29 is 13.5 Å². The van der Waals surface area contributed by atoms with Gasteiger partial charge < -0.3 is 4.74 Å². The first-order chi connectivity index (χ1) is 5.72. The van der Waals surface area contributed by atoms with E-state index in [-0.39, 0.29) is 0 Å². The third kappa shape index (κ3) is 2.52. The summed E-state index contributed by atoms with van der Waals surface area (Å²) in [6.45, 7) is 0. The van der Waals surface area contributed by atoms with Crippen LogP contribution in [0.2, 0.25) is 0 Å². The molecular formula is C7H9NO3S. The molecule has 0 radical (unpaired) electrons. The first kappa shape index (κ1) is 9.02. The van der Waals surface area contributed by atoms with Crippen LogP contribution >= 0.6 is 0 Å². The van der Waals surface area contributed by atoms with E-state index >= 15 is 0 Å². The lowest BCUT2D eigenvalue weighted by Crippen LogP contribution is -2.01. The van der Waals surface area contributed by atoms with E-state index in [1.54, 1.807) is 24.3 Å². The summed E-state index contributed by atoms with van der Waals surface area (Å²) in [5.41, 5.74) is 0.551. The highest BCUT2D eigenvalue weighted by molar-refractivity contribution is 7.80. The molecule has 4 nitrogen and oxygen atoms in total. The fourth-order valence-corrected chi connectivity index (χ4v) is 1.12. The lowest BCUT2D eigenvalue weighted by atomic mass is 10.3. The van der Waals surface area contributed by atoms with Gasteiger partial charge in [-0.05, 0) is 12.1 Å². The van der Waals surface area contributed by atoms with Crippen molar-refractivity contribution in [1.82, 2.24) is 0 Å². The lowest BCUT2D eigenvalue weighted by molar-refractivity contribution is 0.415. The monoisotopic (exact) mass is 187 g/mol. The van der Waals surface area contributed by atoms with E-state index in [9.17, 15) is 4.21 Å². The minimum atomic E-state index is -2.03. The Morgan fingerprint density at radius 2 is 2.33 bits per heavy atom. The van der Waals surface area contributed by atoms with Crippen molar-refractivity contribution in [3.63, 3.8) is 0 Å². The first-order valence-electron chi connectivity index (χ1n) is 3.24. The minimum absolute atomic E-state index is 0.551. The van der Waals surface area contributed by atoms with E-state index in [0.717, 1.165) is 0 Å². The van der Waals surface area contributed by atoms with Crippen LogP contribution in [0.25, 0.3) is 0 Å². The first-order valence-corrected chi connectivity index (χ1v) is 4.34. The number of nitrogens with one attached hydrogen (secondary N) is 1. The summed E-state index contributed by atoms with van der Waals surface area (Å²) in [4.78, 5) is 0. The van der Waals surface area contributed by atoms with Gasteiger partial charge in [0.25, 0.3) is 11.3 Å². The molecule has 0 amide bonds. The summed E-state index contributed by atoms with van der Waals surface area (Å²) in [5, 5.41) is 0. The zero-order chi connectivity index (χ0) is 8.97. The molecular weight excluding hydrogens is 178 g/mol. The zero-order valence-corrected chi connectivity index (χ0v) is 7.30. The second-order valence-corrected chi connectivity index (χ2v) is 2.79. The van der Waals surface area contributed by atoms with Crippen molar-refractivity contribution in [3.05, 3.63) is 24.3 Å². The number of methoxy groups -OCH3 is 1.